The number of carbonyl (C=O) groups is 1. The van der Waals surface area contributed by atoms with Crippen LogP contribution in [0.1, 0.15) is 35.8 Å². The van der Waals surface area contributed by atoms with E-state index in [0.29, 0.717) is 28.8 Å². The average molecular weight is 369 g/mol. The molecule has 0 bridgehead atoms. The Morgan fingerprint density at radius 3 is 3.00 bits per heavy atom. The molecule has 3 aliphatic heterocycles. The number of rotatable bonds is 2. The Hall–Kier alpha value is -2.91. The molecule has 138 valence electrons. The van der Waals surface area contributed by atoms with E-state index < -0.39 is 17.3 Å². The fraction of sp³-hybridized carbons (Fsp3) is 0.333. The molecule has 2 unspecified atom stereocenters. The van der Waals surface area contributed by atoms with Crippen molar-refractivity contribution in [3.8, 4) is 0 Å². The summed E-state index contributed by atoms with van der Waals surface area (Å²) >= 11 is 0. The number of ether oxygens (including phenoxy) is 1. The van der Waals surface area contributed by atoms with Gasteiger partial charge in [-0.1, -0.05) is 11.3 Å². The number of hydrogen-bond acceptors (Lipinski definition) is 5. The third kappa shape index (κ3) is 2.22. The Morgan fingerprint density at radius 2 is 2.22 bits per heavy atom. The first kappa shape index (κ1) is 16.3. The number of benzene rings is 1. The second-order valence-corrected chi connectivity index (χ2v) is 7.10. The van der Waals surface area contributed by atoms with E-state index in [2.05, 4.69) is 15.3 Å². The van der Waals surface area contributed by atoms with Crippen molar-refractivity contribution in [1.29, 1.82) is 0 Å². The largest absolute Gasteiger partial charge is 0.369 e. The Kier molecular flexibility index (Phi) is 3.34. The molecule has 3 aliphatic rings. The molecule has 4 heterocycles. The van der Waals surface area contributed by atoms with E-state index in [1.165, 1.54) is 11.0 Å². The zero-order valence-corrected chi connectivity index (χ0v) is 14.9. The van der Waals surface area contributed by atoms with E-state index in [1.54, 1.807) is 36.4 Å². The minimum absolute atomic E-state index is 0.0672. The predicted molar refractivity (Wildman–Crippen MR) is 93.4 cm³/mol. The molecule has 0 spiro atoms. The highest BCUT2D eigenvalue weighted by Crippen LogP contribution is 2.35. The molecule has 1 fully saturated rings. The molecule has 27 heavy (non-hydrogen) atoms. The number of nitrogens with zero attached hydrogens (tertiary/aromatic N) is 5. The van der Waals surface area contributed by atoms with E-state index in [1.807, 2.05) is 6.92 Å². The lowest BCUT2D eigenvalue weighted by Gasteiger charge is -2.28. The summed E-state index contributed by atoms with van der Waals surface area (Å²) < 4.78 is 21.6. The van der Waals surface area contributed by atoms with E-state index >= 15 is 0 Å². The van der Waals surface area contributed by atoms with Gasteiger partial charge in [0.1, 0.15) is 22.7 Å². The van der Waals surface area contributed by atoms with E-state index in [4.69, 9.17) is 4.74 Å². The van der Waals surface area contributed by atoms with E-state index in [0.717, 1.165) is 18.5 Å². The topological polar surface area (TPSA) is 77.0 Å². The van der Waals surface area contributed by atoms with Crippen LogP contribution in [-0.4, -0.2) is 45.8 Å². The second-order valence-electron chi connectivity index (χ2n) is 7.10. The smallest absolute Gasteiger partial charge is 0.271 e. The first-order valence-electron chi connectivity index (χ1n) is 8.79. The summed E-state index contributed by atoms with van der Waals surface area (Å²) in [6, 6.07) is 4.61. The second kappa shape index (κ2) is 5.54. The van der Waals surface area contributed by atoms with Crippen LogP contribution in [0.4, 0.5) is 10.1 Å². The van der Waals surface area contributed by atoms with Crippen LogP contribution >= 0.6 is 0 Å². The zero-order chi connectivity index (χ0) is 18.8. The first-order chi connectivity index (χ1) is 13.0. The summed E-state index contributed by atoms with van der Waals surface area (Å²) in [4.78, 5) is 19.3. The van der Waals surface area contributed by atoms with Gasteiger partial charge in [0.2, 0.25) is 12.2 Å². The van der Waals surface area contributed by atoms with Crippen molar-refractivity contribution in [3.63, 3.8) is 0 Å². The maximum atomic E-state index is 14.2. The van der Waals surface area contributed by atoms with Gasteiger partial charge in [-0.05, 0) is 25.8 Å². The van der Waals surface area contributed by atoms with Crippen LogP contribution in [0.5, 0.6) is 0 Å². The summed E-state index contributed by atoms with van der Waals surface area (Å²) in [5.74, 6) is 0.131. The number of aliphatic imine (C=N–C) groups is 1. The van der Waals surface area contributed by atoms with Gasteiger partial charge >= 0.3 is 0 Å². The number of aromatic nitrogens is 3. The number of halogens is 1. The van der Waals surface area contributed by atoms with Crippen molar-refractivity contribution >= 4 is 23.8 Å². The normalized spacial score (nSPS) is 26.7. The molecular weight excluding hydrogens is 351 g/mol. The quantitative estimate of drug-likeness (QED) is 0.852. The SMILES string of the molecule is CN1C(=O)c2c(F)cccc2[NH+]2C=NC(n3cc(C4(C)CCCO4)nn3)=C12. The van der Waals surface area contributed by atoms with Crippen LogP contribution in [-0.2, 0) is 10.3 Å². The fourth-order valence-corrected chi connectivity index (χ4v) is 3.89. The monoisotopic (exact) mass is 369 g/mol. The third-order valence-electron chi connectivity index (χ3n) is 5.41. The molecule has 1 aromatic heterocycles. The van der Waals surface area contributed by atoms with Crippen LogP contribution in [0.2, 0.25) is 0 Å². The summed E-state index contributed by atoms with van der Waals surface area (Å²) in [5, 5.41) is 8.46. The highest BCUT2D eigenvalue weighted by molar-refractivity contribution is 6.01. The lowest BCUT2D eigenvalue weighted by molar-refractivity contribution is -0.685. The van der Waals surface area contributed by atoms with Crippen molar-refractivity contribution in [1.82, 2.24) is 19.9 Å². The minimum atomic E-state index is -0.535. The number of fused-ring (bicyclic) bond motifs is 3. The van der Waals surface area contributed by atoms with Crippen molar-refractivity contribution in [3.05, 3.63) is 47.3 Å². The summed E-state index contributed by atoms with van der Waals surface area (Å²) in [5.41, 5.74) is 0.881. The average Bonchev–Trinajstić information content (AvgIpc) is 3.38. The van der Waals surface area contributed by atoms with Gasteiger partial charge < -0.3 is 4.74 Å². The molecular formula is C18H18FN6O2+. The maximum Gasteiger partial charge on any atom is 0.271 e. The van der Waals surface area contributed by atoms with Gasteiger partial charge in [-0.15, -0.1) is 5.10 Å². The standard InChI is InChI=1S/C18H17FN6O2/c1-18(7-4-8-27-18)13-9-25(22-21-13)15-16-23(2)17(26)14-11(19)5-3-6-12(14)24(16)10-20-15/h3,5-6,9-10H,4,7-8H2,1-2H3/p+1. The molecule has 1 amide bonds. The van der Waals surface area contributed by atoms with Crippen molar-refractivity contribution < 1.29 is 18.8 Å². The zero-order valence-electron chi connectivity index (χ0n) is 14.9. The van der Waals surface area contributed by atoms with E-state index in [-0.39, 0.29) is 5.56 Å². The summed E-state index contributed by atoms with van der Waals surface area (Å²) in [6.07, 6.45) is 5.28. The van der Waals surface area contributed by atoms with Crippen LogP contribution in [0.3, 0.4) is 0 Å². The Bertz CT molecular complexity index is 1020. The van der Waals surface area contributed by atoms with Gasteiger partial charge in [0, 0.05) is 19.7 Å². The molecule has 2 aromatic rings. The van der Waals surface area contributed by atoms with Gasteiger partial charge in [0.25, 0.3) is 11.7 Å². The van der Waals surface area contributed by atoms with Gasteiger partial charge in [0.05, 0.1) is 6.20 Å². The fourth-order valence-electron chi connectivity index (χ4n) is 3.89. The van der Waals surface area contributed by atoms with Crippen LogP contribution in [0, 0.1) is 5.82 Å². The number of quaternary nitrogens is 1. The van der Waals surface area contributed by atoms with Crippen LogP contribution < -0.4 is 4.90 Å². The van der Waals surface area contributed by atoms with Gasteiger partial charge in [-0.2, -0.15) is 9.67 Å². The van der Waals surface area contributed by atoms with Crippen molar-refractivity contribution in [2.45, 2.75) is 25.4 Å². The Morgan fingerprint density at radius 1 is 1.37 bits per heavy atom. The maximum absolute atomic E-state index is 14.2. The highest BCUT2D eigenvalue weighted by Gasteiger charge is 2.44. The lowest BCUT2D eigenvalue weighted by atomic mass is 10.00. The summed E-state index contributed by atoms with van der Waals surface area (Å²) in [7, 11) is 1.61. The lowest BCUT2D eigenvalue weighted by Crippen LogP contribution is -3.06. The molecule has 5 rings (SSSR count). The first-order valence-corrected chi connectivity index (χ1v) is 8.79. The highest BCUT2D eigenvalue weighted by atomic mass is 19.1. The molecule has 2 atom stereocenters. The molecule has 0 radical (unpaired) electrons. The molecule has 9 heteroatoms. The molecule has 0 aliphatic carbocycles. The van der Waals surface area contributed by atoms with Gasteiger partial charge in [-0.3, -0.25) is 9.69 Å². The number of amides is 1. The Balaban J connectivity index is 1.61. The molecule has 1 N–H and O–H groups in total. The van der Waals surface area contributed by atoms with E-state index in [9.17, 15) is 9.18 Å². The minimum Gasteiger partial charge on any atom is -0.369 e. The van der Waals surface area contributed by atoms with Crippen molar-refractivity contribution in [2.75, 3.05) is 13.7 Å². The van der Waals surface area contributed by atoms with Gasteiger partial charge in [0.15, 0.2) is 5.69 Å². The van der Waals surface area contributed by atoms with Crippen molar-refractivity contribution in [2.24, 2.45) is 4.99 Å². The predicted octanol–water partition coefficient (Wildman–Crippen LogP) is 0.870. The third-order valence-corrected chi connectivity index (χ3v) is 5.41. The van der Waals surface area contributed by atoms with Crippen LogP contribution in [0.25, 0.3) is 5.82 Å². The Labute approximate surface area is 154 Å². The number of carbonyl (C=O) groups excluding carboxylic acids is 1. The summed E-state index contributed by atoms with van der Waals surface area (Å²) in [6.45, 7) is 2.70. The van der Waals surface area contributed by atoms with Gasteiger partial charge in [-0.25, -0.2) is 9.29 Å². The molecule has 1 aromatic carbocycles. The number of hydrogen-bond donors (Lipinski definition) is 1. The van der Waals surface area contributed by atoms with Crippen LogP contribution in [0.15, 0.2) is 35.2 Å². The number of nitrogens with one attached hydrogen (secondary N) is 1. The molecule has 0 saturated carbocycles. The molecule has 1 saturated heterocycles. The molecule has 8 nitrogen and oxygen atoms in total.